The molecule has 11 heteroatoms. The minimum absolute atomic E-state index is 0.156. The van der Waals surface area contributed by atoms with Crippen molar-refractivity contribution in [2.24, 2.45) is 5.92 Å². The molecule has 3 aromatic rings. The Hall–Kier alpha value is -3.83. The number of ether oxygens (including phenoxy) is 2. The highest BCUT2D eigenvalue weighted by molar-refractivity contribution is 7.90. The Labute approximate surface area is 245 Å². The van der Waals surface area contributed by atoms with Gasteiger partial charge in [-0.15, -0.1) is 0 Å². The Morgan fingerprint density at radius 3 is 2.07 bits per heavy atom. The minimum Gasteiger partial charge on any atom is -0.506 e. The third kappa shape index (κ3) is 8.13. The van der Waals surface area contributed by atoms with E-state index in [4.69, 9.17) is 9.47 Å². The minimum atomic E-state index is -3.63. The van der Waals surface area contributed by atoms with E-state index < -0.39 is 27.0 Å². The molecule has 0 bridgehead atoms. The van der Waals surface area contributed by atoms with Crippen molar-refractivity contribution in [3.63, 3.8) is 0 Å². The maximum Gasteiger partial charge on any atom is 0.321 e. The lowest BCUT2D eigenvalue weighted by molar-refractivity contribution is -0.0309. The zero-order chi connectivity index (χ0) is 30.5. The largest absolute Gasteiger partial charge is 0.506 e. The lowest BCUT2D eigenvalue weighted by Gasteiger charge is -2.39. The van der Waals surface area contributed by atoms with E-state index in [1.807, 2.05) is 0 Å². The van der Waals surface area contributed by atoms with E-state index in [0.29, 0.717) is 43.3 Å². The summed E-state index contributed by atoms with van der Waals surface area (Å²) in [6.45, 7) is 5.06. The zero-order valence-corrected chi connectivity index (χ0v) is 24.8. The van der Waals surface area contributed by atoms with Gasteiger partial charge in [-0.05, 0) is 61.6 Å². The summed E-state index contributed by atoms with van der Waals surface area (Å²) in [6.07, 6.45) is 4.71. The smallest absolute Gasteiger partial charge is 0.321 e. The Balaban J connectivity index is 1.53. The van der Waals surface area contributed by atoms with Crippen molar-refractivity contribution < 1.29 is 37.3 Å². The summed E-state index contributed by atoms with van der Waals surface area (Å²) in [7, 11) is -3.63. The van der Waals surface area contributed by atoms with Gasteiger partial charge in [0, 0.05) is 49.3 Å². The van der Waals surface area contributed by atoms with Crippen LogP contribution in [0, 0.1) is 11.7 Å². The highest BCUT2D eigenvalue weighted by Gasteiger charge is 2.35. The van der Waals surface area contributed by atoms with Crippen molar-refractivity contribution in [2.45, 2.75) is 56.4 Å². The molecule has 42 heavy (non-hydrogen) atoms. The molecule has 2 amide bonds. The van der Waals surface area contributed by atoms with Gasteiger partial charge in [0.25, 0.3) is 0 Å². The van der Waals surface area contributed by atoms with Crippen molar-refractivity contribution in [3.8, 4) is 28.7 Å². The van der Waals surface area contributed by atoms with Crippen LogP contribution in [0.3, 0.4) is 0 Å². The second-order valence-corrected chi connectivity index (χ2v) is 12.8. The fourth-order valence-electron chi connectivity index (χ4n) is 5.06. The summed E-state index contributed by atoms with van der Waals surface area (Å²) in [5.41, 5.74) is -0.431. The number of sulfone groups is 1. The first kappa shape index (κ1) is 31.1. The summed E-state index contributed by atoms with van der Waals surface area (Å²) in [5, 5.41) is 24.2. The average molecular weight is 601 g/mol. The number of amides is 2. The number of hydrogen-bond acceptors (Lipinski definition) is 7. The summed E-state index contributed by atoms with van der Waals surface area (Å²) in [6, 6.07) is 13.6. The van der Waals surface area contributed by atoms with Crippen molar-refractivity contribution in [2.75, 3.05) is 24.7 Å². The van der Waals surface area contributed by atoms with E-state index in [-0.39, 0.29) is 28.2 Å². The molecule has 1 aliphatic rings. The monoisotopic (exact) mass is 600 g/mol. The van der Waals surface area contributed by atoms with E-state index in [1.54, 1.807) is 23.1 Å². The van der Waals surface area contributed by atoms with E-state index in [1.165, 1.54) is 42.5 Å². The molecule has 1 heterocycles. The number of halogens is 1. The molecular formula is C31H37FN2O7S. The molecular weight excluding hydrogens is 563 g/mol. The predicted molar refractivity (Wildman–Crippen MR) is 158 cm³/mol. The first-order chi connectivity index (χ1) is 19.9. The maximum atomic E-state index is 13.4. The predicted octanol–water partition coefficient (Wildman–Crippen LogP) is 6.70. The van der Waals surface area contributed by atoms with Crippen LogP contribution >= 0.6 is 0 Å². The van der Waals surface area contributed by atoms with E-state index in [9.17, 15) is 27.8 Å². The number of carbonyl (C=O) groups excluding carboxylic acids is 1. The van der Waals surface area contributed by atoms with Gasteiger partial charge in [-0.2, -0.15) is 0 Å². The molecule has 0 aliphatic carbocycles. The van der Waals surface area contributed by atoms with Gasteiger partial charge in [-0.3, -0.25) is 0 Å². The second kappa shape index (κ2) is 13.0. The van der Waals surface area contributed by atoms with Crippen LogP contribution in [-0.4, -0.2) is 54.5 Å². The van der Waals surface area contributed by atoms with Gasteiger partial charge in [-0.25, -0.2) is 17.6 Å². The van der Waals surface area contributed by atoms with Crippen LogP contribution in [0.5, 0.6) is 28.7 Å². The molecule has 0 unspecified atom stereocenters. The van der Waals surface area contributed by atoms with Crippen LogP contribution in [0.25, 0.3) is 0 Å². The molecule has 9 nitrogen and oxygen atoms in total. The quantitative estimate of drug-likeness (QED) is 0.236. The number of anilines is 1. The molecule has 4 rings (SSSR count). The Bertz CT molecular complexity index is 1500. The second-order valence-electron chi connectivity index (χ2n) is 10.8. The summed E-state index contributed by atoms with van der Waals surface area (Å²) in [5.74, 6) is 0.591. The number of hydrogen-bond donors (Lipinski definition) is 3. The number of aromatic hydroxyl groups is 1. The van der Waals surface area contributed by atoms with Crippen molar-refractivity contribution in [1.29, 1.82) is 0 Å². The fourth-order valence-corrected chi connectivity index (χ4v) is 5.81. The number of aliphatic hydroxyl groups is 1. The number of nitrogens with one attached hydrogen (secondary N) is 1. The van der Waals surface area contributed by atoms with Crippen molar-refractivity contribution in [1.82, 2.24) is 4.90 Å². The first-order valence-corrected chi connectivity index (χ1v) is 15.8. The standard InChI is InChI=1S/C31H37FN2O7S/c1-4-21(5-2)20-31(37)12-14-34(15-13-31)30(36)33-23-16-26(40-24-8-6-22(32)7-9-24)18-27(17-23)41-25-10-11-29(28(35)19-25)42(3,38)39/h6-11,16-19,21,35,37H,4-5,12-15,20H2,1-3H3,(H,33,36). The third-order valence-electron chi connectivity index (χ3n) is 7.55. The topological polar surface area (TPSA) is 125 Å². The van der Waals surface area contributed by atoms with Crippen LogP contribution in [0.4, 0.5) is 14.9 Å². The number of nitrogens with zero attached hydrogens (tertiary/aromatic N) is 1. The molecule has 0 atom stereocenters. The first-order valence-electron chi connectivity index (χ1n) is 13.9. The van der Waals surface area contributed by atoms with Gasteiger partial charge in [0.2, 0.25) is 0 Å². The lowest BCUT2D eigenvalue weighted by Crippen LogP contribution is -2.48. The van der Waals surface area contributed by atoms with Crippen LogP contribution in [0.15, 0.2) is 65.6 Å². The Morgan fingerprint density at radius 2 is 1.52 bits per heavy atom. The third-order valence-corrected chi connectivity index (χ3v) is 8.70. The summed E-state index contributed by atoms with van der Waals surface area (Å²) in [4.78, 5) is 14.6. The molecule has 0 saturated carbocycles. The van der Waals surface area contributed by atoms with Gasteiger partial charge in [0.05, 0.1) is 5.60 Å². The van der Waals surface area contributed by atoms with Crippen LogP contribution < -0.4 is 14.8 Å². The van der Waals surface area contributed by atoms with Crippen molar-refractivity contribution in [3.05, 3.63) is 66.5 Å². The van der Waals surface area contributed by atoms with Crippen molar-refractivity contribution >= 4 is 21.6 Å². The van der Waals surface area contributed by atoms with Gasteiger partial charge < -0.3 is 29.9 Å². The highest BCUT2D eigenvalue weighted by atomic mass is 32.2. The molecule has 1 fully saturated rings. The van der Waals surface area contributed by atoms with Crippen LogP contribution in [-0.2, 0) is 9.84 Å². The molecule has 1 saturated heterocycles. The van der Waals surface area contributed by atoms with E-state index >= 15 is 0 Å². The molecule has 226 valence electrons. The number of piperidine rings is 1. The number of rotatable bonds is 10. The maximum absolute atomic E-state index is 13.4. The van der Waals surface area contributed by atoms with E-state index in [0.717, 1.165) is 25.5 Å². The van der Waals surface area contributed by atoms with E-state index in [2.05, 4.69) is 19.2 Å². The summed E-state index contributed by atoms with van der Waals surface area (Å²) >= 11 is 0. The molecule has 3 aromatic carbocycles. The van der Waals surface area contributed by atoms with Crippen LogP contribution in [0.1, 0.15) is 46.0 Å². The number of carbonyl (C=O) groups is 1. The average Bonchev–Trinajstić information content (AvgIpc) is 2.92. The van der Waals surface area contributed by atoms with Crippen LogP contribution in [0.2, 0.25) is 0 Å². The lowest BCUT2D eigenvalue weighted by atomic mass is 9.81. The normalized spacial score (nSPS) is 15.0. The molecule has 1 aliphatic heterocycles. The number of benzene rings is 3. The number of phenolic OH excluding ortho intramolecular Hbond substituents is 1. The highest BCUT2D eigenvalue weighted by Crippen LogP contribution is 2.36. The molecule has 3 N–H and O–H groups in total. The summed E-state index contributed by atoms with van der Waals surface area (Å²) < 4.78 is 48.9. The SMILES string of the molecule is CCC(CC)CC1(O)CCN(C(=O)Nc2cc(Oc3ccc(F)cc3)cc(Oc3ccc(S(C)(=O)=O)c(O)c3)c2)CC1. The molecule has 0 radical (unpaired) electrons. The fraction of sp³-hybridized carbons (Fsp3) is 0.387. The number of phenols is 1. The Morgan fingerprint density at radius 1 is 0.952 bits per heavy atom. The van der Waals surface area contributed by atoms with Gasteiger partial charge in [0.1, 0.15) is 39.5 Å². The van der Waals surface area contributed by atoms with Gasteiger partial charge >= 0.3 is 6.03 Å². The Kier molecular flexibility index (Phi) is 9.63. The molecule has 0 aromatic heterocycles. The van der Waals surface area contributed by atoms with Gasteiger partial charge in [-0.1, -0.05) is 26.7 Å². The number of urea groups is 1. The van der Waals surface area contributed by atoms with Gasteiger partial charge in [0.15, 0.2) is 9.84 Å². The zero-order valence-electron chi connectivity index (χ0n) is 24.0. The number of likely N-dealkylation sites (tertiary alicyclic amines) is 1. The molecule has 0 spiro atoms.